The van der Waals surface area contributed by atoms with Crippen LogP contribution < -0.4 is 4.74 Å². The summed E-state index contributed by atoms with van der Waals surface area (Å²) >= 11 is 0. The van der Waals surface area contributed by atoms with E-state index in [0.29, 0.717) is 41.4 Å². The van der Waals surface area contributed by atoms with Crippen molar-refractivity contribution in [1.29, 1.82) is 0 Å². The third-order valence-electron chi connectivity index (χ3n) is 13.3. The average Bonchev–Trinajstić information content (AvgIpc) is 3.51. The van der Waals surface area contributed by atoms with Crippen LogP contribution in [0.25, 0.3) is 11.1 Å². The van der Waals surface area contributed by atoms with E-state index >= 15 is 0 Å². The van der Waals surface area contributed by atoms with E-state index in [4.69, 9.17) is 4.74 Å². The van der Waals surface area contributed by atoms with Crippen molar-refractivity contribution in [3.05, 3.63) is 148 Å². The Labute approximate surface area is 280 Å². The maximum Gasteiger partial charge on any atom is 0.125 e. The van der Waals surface area contributed by atoms with Crippen molar-refractivity contribution in [2.24, 2.45) is 35.5 Å². The van der Waals surface area contributed by atoms with Gasteiger partial charge in [0, 0.05) is 11.5 Å². The van der Waals surface area contributed by atoms with Gasteiger partial charge in [0.05, 0.1) is 0 Å². The molecule has 0 bridgehead atoms. The Balaban J connectivity index is 1.16. The summed E-state index contributed by atoms with van der Waals surface area (Å²) in [7, 11) is 0. The monoisotopic (exact) mass is 614 g/mol. The van der Waals surface area contributed by atoms with E-state index in [1.165, 1.54) is 67.2 Å². The van der Waals surface area contributed by atoms with Crippen molar-refractivity contribution in [1.82, 2.24) is 0 Å². The SMILES string of the molecule is C1=CC2=C(CC1)C(c1ccccc1C1=C3C=CCCC3C(C3C4CCC=CC4=CC4Oc5ccccc5C43)C3CC=CCC13)=CCC2. The van der Waals surface area contributed by atoms with Crippen LogP contribution in [0, 0.1) is 35.5 Å². The molecule has 10 rings (SSSR count). The maximum atomic E-state index is 6.80. The standard InChI is InChI=1S/C46H46O/c1-3-17-31-29(14-1)16-13-26-33(31)34-19-5-6-20-35(34)43-36-21-7-9-23-38(36)44(39-24-10-8-22-37(39)43)46-32-18-4-2-15-30(32)28-42-45(46)40-25-11-12-27-41(40)47-42/h1-2,5-9,11-12,14-15,19-20,22,25-28,32,36,38-39,42,44-46H,3-4,10,13,16-18,21,23-24H2. The summed E-state index contributed by atoms with van der Waals surface area (Å²) in [5.74, 6) is 5.23. The lowest BCUT2D eigenvalue weighted by molar-refractivity contribution is 0.0404. The summed E-state index contributed by atoms with van der Waals surface area (Å²) in [6.45, 7) is 0. The minimum atomic E-state index is 0.155. The number of hydrogen-bond donors (Lipinski definition) is 0. The van der Waals surface area contributed by atoms with Crippen LogP contribution in [0.5, 0.6) is 5.75 Å². The summed E-state index contributed by atoms with van der Waals surface area (Å²) in [5.41, 5.74) is 14.1. The molecule has 1 nitrogen and oxygen atoms in total. The number of rotatable bonds is 3. The maximum absolute atomic E-state index is 6.80. The molecule has 47 heavy (non-hydrogen) atoms. The van der Waals surface area contributed by atoms with Gasteiger partial charge in [-0.3, -0.25) is 0 Å². The number of allylic oxidation sites excluding steroid dienone is 15. The molecule has 0 spiro atoms. The van der Waals surface area contributed by atoms with Crippen LogP contribution in [-0.4, -0.2) is 6.10 Å². The molecule has 0 amide bonds. The van der Waals surface area contributed by atoms with Gasteiger partial charge in [-0.2, -0.15) is 0 Å². The molecule has 8 unspecified atom stereocenters. The van der Waals surface area contributed by atoms with E-state index in [9.17, 15) is 0 Å². The van der Waals surface area contributed by atoms with Gasteiger partial charge in [-0.05, 0) is 156 Å². The summed E-state index contributed by atoms with van der Waals surface area (Å²) in [4.78, 5) is 0. The predicted octanol–water partition coefficient (Wildman–Crippen LogP) is 11.5. The van der Waals surface area contributed by atoms with Gasteiger partial charge in [0.2, 0.25) is 0 Å². The number of para-hydroxylation sites is 1. The highest BCUT2D eigenvalue weighted by atomic mass is 16.5. The predicted molar refractivity (Wildman–Crippen MR) is 194 cm³/mol. The quantitative estimate of drug-likeness (QED) is 0.313. The Morgan fingerprint density at radius 1 is 0.638 bits per heavy atom. The molecular weight excluding hydrogens is 569 g/mol. The van der Waals surface area contributed by atoms with E-state index in [-0.39, 0.29) is 6.10 Å². The van der Waals surface area contributed by atoms with Gasteiger partial charge in [-0.15, -0.1) is 0 Å². The van der Waals surface area contributed by atoms with E-state index in [0.717, 1.165) is 25.0 Å². The molecule has 1 aliphatic heterocycles. The zero-order valence-electron chi connectivity index (χ0n) is 27.5. The molecule has 236 valence electrons. The Morgan fingerprint density at radius 2 is 1.45 bits per heavy atom. The molecule has 2 aromatic rings. The normalized spacial score (nSPS) is 34.7. The zero-order valence-corrected chi connectivity index (χ0v) is 27.5. The van der Waals surface area contributed by atoms with E-state index in [2.05, 4.69) is 109 Å². The van der Waals surface area contributed by atoms with Gasteiger partial charge in [-0.25, -0.2) is 0 Å². The van der Waals surface area contributed by atoms with Gasteiger partial charge in [0.1, 0.15) is 11.9 Å². The summed E-state index contributed by atoms with van der Waals surface area (Å²) in [6, 6.07) is 18.6. The number of ether oxygens (including phenoxy) is 1. The van der Waals surface area contributed by atoms with Gasteiger partial charge in [0.15, 0.2) is 0 Å². The summed E-state index contributed by atoms with van der Waals surface area (Å²) in [6.07, 6.45) is 37.1. The highest BCUT2D eigenvalue weighted by Crippen LogP contribution is 2.63. The first kappa shape index (κ1) is 28.2. The molecule has 8 aliphatic rings. The lowest BCUT2D eigenvalue weighted by atomic mass is 9.49. The van der Waals surface area contributed by atoms with Crippen LogP contribution >= 0.6 is 0 Å². The Bertz CT molecular complexity index is 1870. The minimum absolute atomic E-state index is 0.155. The smallest absolute Gasteiger partial charge is 0.125 e. The molecule has 0 saturated carbocycles. The molecule has 2 aromatic carbocycles. The van der Waals surface area contributed by atoms with Crippen molar-refractivity contribution in [2.75, 3.05) is 0 Å². The van der Waals surface area contributed by atoms with Gasteiger partial charge >= 0.3 is 0 Å². The van der Waals surface area contributed by atoms with Crippen molar-refractivity contribution in [2.45, 2.75) is 76.2 Å². The molecule has 0 aromatic heterocycles. The number of fused-ring (bicyclic) bond motifs is 6. The second kappa shape index (κ2) is 11.4. The highest BCUT2D eigenvalue weighted by Gasteiger charge is 2.55. The van der Waals surface area contributed by atoms with E-state index in [1.807, 2.05) is 0 Å². The van der Waals surface area contributed by atoms with E-state index in [1.54, 1.807) is 27.9 Å². The van der Waals surface area contributed by atoms with Crippen LogP contribution in [0.4, 0.5) is 0 Å². The molecule has 0 radical (unpaired) electrons. The van der Waals surface area contributed by atoms with Crippen LogP contribution in [-0.2, 0) is 0 Å². The minimum Gasteiger partial charge on any atom is -0.485 e. The van der Waals surface area contributed by atoms with Crippen LogP contribution in [0.2, 0.25) is 0 Å². The first-order valence-electron chi connectivity index (χ1n) is 18.7. The molecule has 0 saturated heterocycles. The summed E-state index contributed by atoms with van der Waals surface area (Å²) in [5, 5.41) is 0. The molecule has 0 N–H and O–H groups in total. The molecule has 0 fully saturated rings. The Hall–Kier alpha value is -3.84. The molecule has 1 heterocycles. The fourth-order valence-corrected chi connectivity index (χ4v) is 11.6. The van der Waals surface area contributed by atoms with Crippen molar-refractivity contribution in [3.63, 3.8) is 0 Å². The van der Waals surface area contributed by atoms with Crippen molar-refractivity contribution in [3.8, 4) is 5.75 Å². The molecule has 7 aliphatic carbocycles. The van der Waals surface area contributed by atoms with Crippen LogP contribution in [0.15, 0.2) is 132 Å². The van der Waals surface area contributed by atoms with Crippen LogP contribution in [0.3, 0.4) is 0 Å². The Kier molecular flexibility index (Phi) is 6.84. The first-order valence-corrected chi connectivity index (χ1v) is 18.7. The summed E-state index contributed by atoms with van der Waals surface area (Å²) < 4.78 is 6.80. The zero-order chi connectivity index (χ0) is 30.9. The third-order valence-corrected chi connectivity index (χ3v) is 13.3. The second-order valence-corrected chi connectivity index (χ2v) is 15.4. The first-order chi connectivity index (χ1) is 23.3. The fourth-order valence-electron chi connectivity index (χ4n) is 11.6. The number of hydrogen-bond acceptors (Lipinski definition) is 1. The lowest BCUT2D eigenvalue weighted by Crippen LogP contribution is -2.48. The topological polar surface area (TPSA) is 9.23 Å². The Morgan fingerprint density at radius 3 is 2.40 bits per heavy atom. The van der Waals surface area contributed by atoms with Crippen molar-refractivity contribution < 1.29 is 4.74 Å². The second-order valence-electron chi connectivity index (χ2n) is 15.4. The highest BCUT2D eigenvalue weighted by molar-refractivity contribution is 5.90. The number of benzene rings is 2. The van der Waals surface area contributed by atoms with Crippen molar-refractivity contribution >= 4 is 11.1 Å². The lowest BCUT2D eigenvalue weighted by Gasteiger charge is -2.55. The molecule has 8 atom stereocenters. The molecule has 1 heteroatoms. The molecular formula is C46H46O. The fraction of sp³-hybridized carbons (Fsp3) is 0.391. The largest absolute Gasteiger partial charge is 0.485 e. The van der Waals surface area contributed by atoms with Crippen LogP contribution in [0.1, 0.15) is 86.8 Å². The van der Waals surface area contributed by atoms with Gasteiger partial charge in [-0.1, -0.05) is 97.1 Å². The average molecular weight is 615 g/mol. The van der Waals surface area contributed by atoms with Gasteiger partial charge < -0.3 is 4.74 Å². The third kappa shape index (κ3) is 4.41. The van der Waals surface area contributed by atoms with Gasteiger partial charge in [0.25, 0.3) is 0 Å². The van der Waals surface area contributed by atoms with E-state index < -0.39 is 0 Å².